The summed E-state index contributed by atoms with van der Waals surface area (Å²) in [6.07, 6.45) is 0. The fraction of sp³-hybridized carbons (Fsp3) is 0. The maximum absolute atomic E-state index is 5.41. The Balaban J connectivity index is 1.23. The molecule has 0 N–H and O–H groups in total. The highest BCUT2D eigenvalue weighted by Crippen LogP contribution is 2.43. The third kappa shape index (κ3) is 4.19. The van der Waals surface area contributed by atoms with E-state index in [1.165, 1.54) is 42.7 Å². The summed E-state index contributed by atoms with van der Waals surface area (Å²) in [5, 5.41) is 7.21. The molecule has 0 atom stereocenters. The zero-order valence-corrected chi connectivity index (χ0v) is 28.2. The second-order valence-corrected chi connectivity index (χ2v) is 14.0. The molecule has 0 radical (unpaired) electrons. The molecule has 51 heavy (non-hydrogen) atoms. The normalized spacial score (nSPS) is 11.9. The Bertz CT molecular complexity index is 3130. The van der Waals surface area contributed by atoms with Crippen molar-refractivity contribution in [1.29, 1.82) is 0 Å². The van der Waals surface area contributed by atoms with E-state index in [0.29, 0.717) is 5.82 Å². The lowest BCUT2D eigenvalue weighted by atomic mass is 10.1. The smallest absolute Gasteiger partial charge is 0.163 e. The van der Waals surface area contributed by atoms with Gasteiger partial charge < -0.3 is 9.13 Å². The Hall–Kier alpha value is -6.56. The van der Waals surface area contributed by atoms with Gasteiger partial charge in [0.15, 0.2) is 5.82 Å². The quantitative estimate of drug-likeness (QED) is 0.187. The topological polar surface area (TPSA) is 35.6 Å². The monoisotopic (exact) mass is 668 g/mol. The predicted molar refractivity (Wildman–Crippen MR) is 214 cm³/mol. The van der Waals surface area contributed by atoms with E-state index in [4.69, 9.17) is 9.97 Å². The molecular formula is C46H28N4S. The lowest BCUT2D eigenvalue weighted by molar-refractivity contribution is 1.15. The molecule has 7 aromatic carbocycles. The van der Waals surface area contributed by atoms with Crippen LogP contribution in [0.5, 0.6) is 0 Å². The number of aromatic nitrogens is 4. The highest BCUT2D eigenvalue weighted by atomic mass is 32.1. The summed E-state index contributed by atoms with van der Waals surface area (Å²) in [7, 11) is 0. The van der Waals surface area contributed by atoms with Crippen molar-refractivity contribution in [3.05, 3.63) is 170 Å². The minimum atomic E-state index is 0.717. The number of fused-ring (bicyclic) bond motifs is 9. The van der Waals surface area contributed by atoms with Gasteiger partial charge in [0, 0.05) is 53.8 Å². The lowest BCUT2D eigenvalue weighted by Gasteiger charge is -2.14. The largest absolute Gasteiger partial charge is 0.309 e. The minimum absolute atomic E-state index is 0.717. The van der Waals surface area contributed by atoms with Crippen LogP contribution in [0.15, 0.2) is 170 Å². The van der Waals surface area contributed by atoms with Crippen molar-refractivity contribution in [2.24, 2.45) is 0 Å². The van der Waals surface area contributed by atoms with Gasteiger partial charge in [0.05, 0.1) is 33.4 Å². The predicted octanol–water partition coefficient (Wildman–Crippen LogP) is 12.4. The molecule has 4 heterocycles. The first-order chi connectivity index (χ1) is 25.3. The van der Waals surface area contributed by atoms with Crippen molar-refractivity contribution in [2.45, 2.75) is 0 Å². The van der Waals surface area contributed by atoms with Crippen molar-refractivity contribution < 1.29 is 0 Å². The number of hydrogen-bond donors (Lipinski definition) is 0. The van der Waals surface area contributed by atoms with Crippen molar-refractivity contribution in [2.75, 3.05) is 0 Å². The van der Waals surface area contributed by atoms with Gasteiger partial charge in [-0.15, -0.1) is 11.3 Å². The molecule has 5 heteroatoms. The SMILES string of the molecule is c1ccc(-c2nc(-c3ccccc3-n3c4ccccc4c4cc5c6ccccc6n(-c6ccccc6)c5cc43)nc3sc4ccccc4c23)cc1. The summed E-state index contributed by atoms with van der Waals surface area (Å²) in [5.41, 5.74) is 9.87. The van der Waals surface area contributed by atoms with E-state index >= 15 is 0 Å². The maximum atomic E-state index is 5.41. The van der Waals surface area contributed by atoms with Crippen LogP contribution in [0.2, 0.25) is 0 Å². The molecule has 0 unspecified atom stereocenters. The fourth-order valence-electron chi connectivity index (χ4n) is 7.95. The summed E-state index contributed by atoms with van der Waals surface area (Å²) in [6, 6.07) is 60.6. The summed E-state index contributed by atoms with van der Waals surface area (Å²) < 4.78 is 6.01. The third-order valence-electron chi connectivity index (χ3n) is 10.2. The van der Waals surface area contributed by atoms with Gasteiger partial charge in [-0.3, -0.25) is 0 Å². The van der Waals surface area contributed by atoms with Crippen LogP contribution in [0.3, 0.4) is 0 Å². The van der Waals surface area contributed by atoms with Crippen LogP contribution in [0, 0.1) is 0 Å². The summed E-state index contributed by atoms with van der Waals surface area (Å²) in [5.74, 6) is 0.717. The summed E-state index contributed by atoms with van der Waals surface area (Å²) >= 11 is 1.73. The average molecular weight is 669 g/mol. The number of hydrogen-bond acceptors (Lipinski definition) is 3. The van der Waals surface area contributed by atoms with Gasteiger partial charge in [0.2, 0.25) is 0 Å². The summed E-state index contributed by atoms with van der Waals surface area (Å²) in [4.78, 5) is 11.7. The Kier molecular flexibility index (Phi) is 6.09. The van der Waals surface area contributed by atoms with Gasteiger partial charge in [-0.2, -0.15) is 0 Å². The molecule has 0 saturated heterocycles. The van der Waals surface area contributed by atoms with E-state index in [9.17, 15) is 0 Å². The van der Waals surface area contributed by atoms with Crippen LogP contribution in [0.25, 0.3) is 97.9 Å². The van der Waals surface area contributed by atoms with E-state index in [2.05, 4.69) is 179 Å². The zero-order chi connectivity index (χ0) is 33.5. The molecule has 238 valence electrons. The van der Waals surface area contributed by atoms with Crippen LogP contribution in [-0.2, 0) is 0 Å². The van der Waals surface area contributed by atoms with E-state index < -0.39 is 0 Å². The first kappa shape index (κ1) is 28.3. The molecule has 4 aromatic heterocycles. The number of thiophene rings is 1. The van der Waals surface area contributed by atoms with Crippen molar-refractivity contribution >= 4 is 75.3 Å². The zero-order valence-electron chi connectivity index (χ0n) is 27.4. The van der Waals surface area contributed by atoms with E-state index in [1.807, 2.05) is 0 Å². The molecule has 0 bridgehead atoms. The highest BCUT2D eigenvalue weighted by molar-refractivity contribution is 7.25. The van der Waals surface area contributed by atoms with Crippen LogP contribution < -0.4 is 0 Å². The molecule has 0 aliphatic carbocycles. The van der Waals surface area contributed by atoms with Crippen LogP contribution in [0.1, 0.15) is 0 Å². The second-order valence-electron chi connectivity index (χ2n) is 13.0. The maximum Gasteiger partial charge on any atom is 0.163 e. The molecule has 0 spiro atoms. The Morgan fingerprint density at radius 3 is 1.78 bits per heavy atom. The number of para-hydroxylation sites is 4. The molecule has 0 aliphatic heterocycles. The Labute approximate surface area is 297 Å². The second kappa shape index (κ2) is 11.0. The number of rotatable bonds is 4. The number of benzene rings is 7. The van der Waals surface area contributed by atoms with Gasteiger partial charge in [0.25, 0.3) is 0 Å². The van der Waals surface area contributed by atoms with Crippen LogP contribution in [0.4, 0.5) is 0 Å². The van der Waals surface area contributed by atoms with Crippen molar-refractivity contribution in [3.8, 4) is 34.0 Å². The first-order valence-corrected chi connectivity index (χ1v) is 18.0. The van der Waals surface area contributed by atoms with Gasteiger partial charge in [-0.1, -0.05) is 115 Å². The van der Waals surface area contributed by atoms with E-state index in [0.717, 1.165) is 49.4 Å². The molecule has 4 nitrogen and oxygen atoms in total. The van der Waals surface area contributed by atoms with E-state index in [-0.39, 0.29) is 0 Å². The van der Waals surface area contributed by atoms with Gasteiger partial charge in [-0.05, 0) is 54.6 Å². The number of nitrogens with zero attached hydrogens (tertiary/aromatic N) is 4. The van der Waals surface area contributed by atoms with Crippen molar-refractivity contribution in [1.82, 2.24) is 19.1 Å². The van der Waals surface area contributed by atoms with Gasteiger partial charge in [-0.25, -0.2) is 9.97 Å². The fourth-order valence-corrected chi connectivity index (χ4v) is 9.03. The van der Waals surface area contributed by atoms with Crippen LogP contribution in [-0.4, -0.2) is 19.1 Å². The molecule has 0 amide bonds. The Morgan fingerprint density at radius 1 is 0.431 bits per heavy atom. The molecular weight excluding hydrogens is 641 g/mol. The van der Waals surface area contributed by atoms with Gasteiger partial charge >= 0.3 is 0 Å². The molecule has 0 saturated carbocycles. The third-order valence-corrected chi connectivity index (χ3v) is 11.2. The van der Waals surface area contributed by atoms with Crippen molar-refractivity contribution in [3.63, 3.8) is 0 Å². The molecule has 0 fully saturated rings. The lowest BCUT2D eigenvalue weighted by Crippen LogP contribution is -2.01. The van der Waals surface area contributed by atoms with Crippen LogP contribution >= 0.6 is 11.3 Å². The minimum Gasteiger partial charge on any atom is -0.309 e. The summed E-state index contributed by atoms with van der Waals surface area (Å²) in [6.45, 7) is 0. The molecule has 11 rings (SSSR count). The molecule has 0 aliphatic rings. The highest BCUT2D eigenvalue weighted by Gasteiger charge is 2.22. The average Bonchev–Trinajstić information content (AvgIpc) is 3.84. The standard InChI is InChI=1S/C46H28N4S/c1-3-15-29(16-4-1)44-43-34-22-10-14-26-42(34)51-46(43)48-45(47-44)33-21-9-13-25-39(33)50-38-24-12-8-20-32(38)36-27-35-31-19-7-11-23-37(31)49(40(35)28-41(36)50)30-17-5-2-6-18-30/h1-28H. The first-order valence-electron chi connectivity index (χ1n) is 17.2. The molecule has 11 aromatic rings. The Morgan fingerprint density at radius 2 is 1.02 bits per heavy atom. The van der Waals surface area contributed by atoms with Gasteiger partial charge in [0.1, 0.15) is 4.83 Å². The van der Waals surface area contributed by atoms with E-state index in [1.54, 1.807) is 11.3 Å².